The minimum atomic E-state index is -3.67. The van der Waals surface area contributed by atoms with Crippen LogP contribution in [0.4, 0.5) is 0 Å². The Morgan fingerprint density at radius 1 is 0.929 bits per heavy atom. The van der Waals surface area contributed by atoms with Gasteiger partial charge in [0.2, 0.25) is 0 Å². The van der Waals surface area contributed by atoms with Crippen molar-refractivity contribution >= 4 is 15.8 Å². The number of benzene rings is 3. The average molecular weight is 398 g/mol. The molecule has 0 bridgehead atoms. The molecule has 0 amide bonds. The molecule has 0 saturated heterocycles. The predicted octanol–water partition coefficient (Wildman–Crippen LogP) is 4.16. The SMILES string of the molecule is CS(=O)(=O)c1cc(C(=O)O)ccc1Oc1ccc(OCc2ccccc2)cc1. The Morgan fingerprint density at radius 3 is 2.18 bits per heavy atom. The molecule has 7 heteroatoms. The standard InChI is InChI=1S/C21H18O6S/c1-28(24,25)20-13-16(21(22)23)7-12-19(20)27-18-10-8-17(9-11-18)26-14-15-5-3-2-4-6-15/h2-13H,14H2,1H3,(H,22,23). The van der Waals surface area contributed by atoms with Gasteiger partial charge in [-0.3, -0.25) is 0 Å². The van der Waals surface area contributed by atoms with E-state index >= 15 is 0 Å². The molecule has 0 unspecified atom stereocenters. The summed E-state index contributed by atoms with van der Waals surface area (Å²) >= 11 is 0. The van der Waals surface area contributed by atoms with Gasteiger partial charge in [0.05, 0.1) is 5.56 Å². The third-order valence-electron chi connectivity index (χ3n) is 3.89. The Balaban J connectivity index is 1.76. The first kappa shape index (κ1) is 19.4. The third kappa shape index (κ3) is 4.89. The summed E-state index contributed by atoms with van der Waals surface area (Å²) in [6.07, 6.45) is 1.00. The van der Waals surface area contributed by atoms with Gasteiger partial charge in [-0.05, 0) is 48.0 Å². The molecular weight excluding hydrogens is 380 g/mol. The molecule has 0 aliphatic carbocycles. The number of carboxylic acid groups (broad SMARTS) is 1. The highest BCUT2D eigenvalue weighted by molar-refractivity contribution is 7.90. The molecule has 0 radical (unpaired) electrons. The lowest BCUT2D eigenvalue weighted by Gasteiger charge is -2.12. The van der Waals surface area contributed by atoms with Gasteiger partial charge < -0.3 is 14.6 Å². The van der Waals surface area contributed by atoms with Crippen LogP contribution in [0.25, 0.3) is 0 Å². The molecule has 0 fully saturated rings. The fourth-order valence-corrected chi connectivity index (χ4v) is 3.30. The first-order chi connectivity index (χ1) is 13.3. The maximum absolute atomic E-state index is 12.0. The molecule has 144 valence electrons. The third-order valence-corrected chi connectivity index (χ3v) is 5.01. The summed E-state index contributed by atoms with van der Waals surface area (Å²) < 4.78 is 35.4. The van der Waals surface area contributed by atoms with Gasteiger partial charge in [-0.1, -0.05) is 30.3 Å². The van der Waals surface area contributed by atoms with E-state index in [1.807, 2.05) is 30.3 Å². The van der Waals surface area contributed by atoms with Crippen LogP contribution >= 0.6 is 0 Å². The second-order valence-corrected chi connectivity index (χ2v) is 8.07. The Morgan fingerprint density at radius 2 is 1.57 bits per heavy atom. The molecule has 3 aromatic rings. The van der Waals surface area contributed by atoms with Crippen molar-refractivity contribution in [2.75, 3.05) is 6.26 Å². The van der Waals surface area contributed by atoms with Crippen LogP contribution in [0.3, 0.4) is 0 Å². The number of ether oxygens (including phenoxy) is 2. The van der Waals surface area contributed by atoms with Crippen molar-refractivity contribution in [3.8, 4) is 17.2 Å². The van der Waals surface area contributed by atoms with Crippen LogP contribution in [0, 0.1) is 0 Å². The fourth-order valence-electron chi connectivity index (χ4n) is 2.49. The van der Waals surface area contributed by atoms with Crippen molar-refractivity contribution in [3.05, 3.63) is 83.9 Å². The second-order valence-electron chi connectivity index (χ2n) is 6.09. The lowest BCUT2D eigenvalue weighted by atomic mass is 10.2. The molecule has 28 heavy (non-hydrogen) atoms. The van der Waals surface area contributed by atoms with Crippen LogP contribution in [0.5, 0.6) is 17.2 Å². The van der Waals surface area contributed by atoms with Crippen molar-refractivity contribution in [2.45, 2.75) is 11.5 Å². The summed E-state index contributed by atoms with van der Waals surface area (Å²) in [6, 6.07) is 20.2. The summed E-state index contributed by atoms with van der Waals surface area (Å²) in [6.45, 7) is 0.427. The highest BCUT2D eigenvalue weighted by atomic mass is 32.2. The Hall–Kier alpha value is -3.32. The molecule has 0 saturated carbocycles. The Bertz CT molecular complexity index is 1070. The van der Waals surface area contributed by atoms with E-state index in [2.05, 4.69) is 0 Å². The number of sulfone groups is 1. The number of aromatic carboxylic acids is 1. The number of carbonyl (C=O) groups is 1. The van der Waals surface area contributed by atoms with E-state index in [4.69, 9.17) is 14.6 Å². The quantitative estimate of drug-likeness (QED) is 0.643. The smallest absolute Gasteiger partial charge is 0.335 e. The molecular formula is C21H18O6S. The second kappa shape index (κ2) is 8.14. The summed E-state index contributed by atoms with van der Waals surface area (Å²) in [7, 11) is -3.67. The summed E-state index contributed by atoms with van der Waals surface area (Å²) in [5, 5.41) is 9.07. The lowest BCUT2D eigenvalue weighted by molar-refractivity contribution is 0.0696. The molecule has 0 heterocycles. The summed E-state index contributed by atoms with van der Waals surface area (Å²) in [5.41, 5.74) is 0.913. The van der Waals surface area contributed by atoms with Gasteiger partial charge in [0.1, 0.15) is 28.8 Å². The Labute approximate surface area is 162 Å². The van der Waals surface area contributed by atoms with Gasteiger partial charge in [0.25, 0.3) is 0 Å². The van der Waals surface area contributed by atoms with Crippen LogP contribution in [-0.4, -0.2) is 25.7 Å². The van der Waals surface area contributed by atoms with Gasteiger partial charge in [0, 0.05) is 6.26 Å². The minimum Gasteiger partial charge on any atom is -0.489 e. The largest absolute Gasteiger partial charge is 0.489 e. The monoisotopic (exact) mass is 398 g/mol. The van der Waals surface area contributed by atoms with Gasteiger partial charge in [-0.25, -0.2) is 13.2 Å². The van der Waals surface area contributed by atoms with E-state index in [-0.39, 0.29) is 16.2 Å². The molecule has 0 atom stereocenters. The van der Waals surface area contributed by atoms with Gasteiger partial charge >= 0.3 is 5.97 Å². The number of hydrogen-bond acceptors (Lipinski definition) is 5. The van der Waals surface area contributed by atoms with Crippen molar-refractivity contribution in [2.24, 2.45) is 0 Å². The molecule has 0 aliphatic rings. The molecule has 0 aliphatic heterocycles. The highest BCUT2D eigenvalue weighted by Crippen LogP contribution is 2.31. The normalized spacial score (nSPS) is 11.0. The van der Waals surface area contributed by atoms with Crippen LogP contribution in [0.2, 0.25) is 0 Å². The number of carboxylic acids is 1. The van der Waals surface area contributed by atoms with E-state index in [9.17, 15) is 13.2 Å². The average Bonchev–Trinajstić information content (AvgIpc) is 2.67. The highest BCUT2D eigenvalue weighted by Gasteiger charge is 2.18. The molecule has 0 aromatic heterocycles. The van der Waals surface area contributed by atoms with E-state index in [1.54, 1.807) is 24.3 Å². The van der Waals surface area contributed by atoms with Crippen molar-refractivity contribution in [3.63, 3.8) is 0 Å². The van der Waals surface area contributed by atoms with E-state index < -0.39 is 15.8 Å². The zero-order chi connectivity index (χ0) is 20.1. The maximum Gasteiger partial charge on any atom is 0.335 e. The van der Waals surface area contributed by atoms with Crippen LogP contribution < -0.4 is 9.47 Å². The van der Waals surface area contributed by atoms with Crippen molar-refractivity contribution < 1.29 is 27.8 Å². The van der Waals surface area contributed by atoms with Crippen molar-refractivity contribution in [1.29, 1.82) is 0 Å². The van der Waals surface area contributed by atoms with Crippen LogP contribution in [0.15, 0.2) is 77.7 Å². The topological polar surface area (TPSA) is 89.9 Å². The molecule has 0 spiro atoms. The number of rotatable bonds is 7. The van der Waals surface area contributed by atoms with E-state index in [1.165, 1.54) is 12.1 Å². The number of hydrogen-bond donors (Lipinski definition) is 1. The zero-order valence-electron chi connectivity index (χ0n) is 15.0. The fraction of sp³-hybridized carbons (Fsp3) is 0.0952. The minimum absolute atomic E-state index is 0.0606. The lowest BCUT2D eigenvalue weighted by Crippen LogP contribution is -2.04. The molecule has 6 nitrogen and oxygen atoms in total. The van der Waals surface area contributed by atoms with E-state index in [0.717, 1.165) is 17.9 Å². The van der Waals surface area contributed by atoms with Gasteiger partial charge in [-0.2, -0.15) is 0 Å². The first-order valence-corrected chi connectivity index (χ1v) is 10.2. The van der Waals surface area contributed by atoms with Crippen LogP contribution in [0.1, 0.15) is 15.9 Å². The van der Waals surface area contributed by atoms with Gasteiger partial charge in [0.15, 0.2) is 9.84 Å². The summed E-state index contributed by atoms with van der Waals surface area (Å²) in [5.74, 6) is -0.109. The van der Waals surface area contributed by atoms with E-state index in [0.29, 0.717) is 18.1 Å². The molecule has 3 rings (SSSR count). The predicted molar refractivity (Wildman–Crippen MR) is 104 cm³/mol. The molecule has 1 N–H and O–H groups in total. The first-order valence-electron chi connectivity index (χ1n) is 8.35. The Kier molecular flexibility index (Phi) is 5.65. The van der Waals surface area contributed by atoms with Crippen LogP contribution in [-0.2, 0) is 16.4 Å². The maximum atomic E-state index is 12.0. The zero-order valence-corrected chi connectivity index (χ0v) is 15.8. The summed E-state index contributed by atoms with van der Waals surface area (Å²) in [4.78, 5) is 10.9. The van der Waals surface area contributed by atoms with Crippen molar-refractivity contribution in [1.82, 2.24) is 0 Å². The van der Waals surface area contributed by atoms with Gasteiger partial charge in [-0.15, -0.1) is 0 Å². The molecule has 3 aromatic carbocycles.